The molecule has 1 aromatic rings. The highest BCUT2D eigenvalue weighted by Gasteiger charge is 2.16. The standard InChI is InChI=1S/C10H10FNOS/c11-9-5-8(6-13)1-2-10(9)12-3-4-14-7-12/h1-2,5-6H,3-4,7H2. The molecule has 74 valence electrons. The fourth-order valence-electron chi connectivity index (χ4n) is 1.46. The van der Waals surface area contributed by atoms with E-state index < -0.39 is 0 Å². The minimum Gasteiger partial charge on any atom is -0.359 e. The molecule has 1 fully saturated rings. The number of carbonyl (C=O) groups is 1. The summed E-state index contributed by atoms with van der Waals surface area (Å²) in [6.45, 7) is 0.877. The number of rotatable bonds is 2. The van der Waals surface area contributed by atoms with Crippen molar-refractivity contribution in [2.75, 3.05) is 23.1 Å². The highest BCUT2D eigenvalue weighted by Crippen LogP contribution is 2.25. The van der Waals surface area contributed by atoms with Crippen molar-refractivity contribution in [1.82, 2.24) is 0 Å². The molecule has 2 rings (SSSR count). The molecule has 2 nitrogen and oxygen atoms in total. The molecule has 0 bridgehead atoms. The van der Waals surface area contributed by atoms with Crippen LogP contribution in [0, 0.1) is 5.82 Å². The Morgan fingerprint density at radius 3 is 2.93 bits per heavy atom. The van der Waals surface area contributed by atoms with Crippen LogP contribution < -0.4 is 4.90 Å². The fraction of sp³-hybridized carbons (Fsp3) is 0.300. The summed E-state index contributed by atoms with van der Waals surface area (Å²) in [6.07, 6.45) is 0.658. The van der Waals surface area contributed by atoms with E-state index in [0.717, 1.165) is 18.2 Å². The van der Waals surface area contributed by atoms with E-state index in [-0.39, 0.29) is 5.82 Å². The first-order chi connectivity index (χ1) is 6.81. The molecule has 0 unspecified atom stereocenters. The second kappa shape index (κ2) is 4.00. The van der Waals surface area contributed by atoms with Gasteiger partial charge in [-0.1, -0.05) is 0 Å². The van der Waals surface area contributed by atoms with Gasteiger partial charge in [-0.3, -0.25) is 4.79 Å². The molecule has 1 aromatic carbocycles. The van der Waals surface area contributed by atoms with Crippen molar-refractivity contribution in [1.29, 1.82) is 0 Å². The maximum atomic E-state index is 13.5. The number of benzene rings is 1. The Hall–Kier alpha value is -1.03. The van der Waals surface area contributed by atoms with Crippen molar-refractivity contribution >= 4 is 23.7 Å². The van der Waals surface area contributed by atoms with Crippen LogP contribution in [0.3, 0.4) is 0 Å². The van der Waals surface area contributed by atoms with E-state index in [0.29, 0.717) is 17.5 Å². The summed E-state index contributed by atoms with van der Waals surface area (Å²) >= 11 is 1.79. The summed E-state index contributed by atoms with van der Waals surface area (Å²) in [7, 11) is 0. The third-order valence-electron chi connectivity index (χ3n) is 2.20. The van der Waals surface area contributed by atoms with Crippen molar-refractivity contribution in [3.05, 3.63) is 29.6 Å². The van der Waals surface area contributed by atoms with Crippen molar-refractivity contribution in [2.24, 2.45) is 0 Å². The predicted molar refractivity (Wildman–Crippen MR) is 56.5 cm³/mol. The SMILES string of the molecule is O=Cc1ccc(N2CCSC2)c(F)c1. The van der Waals surface area contributed by atoms with Crippen LogP contribution in [0.1, 0.15) is 10.4 Å². The van der Waals surface area contributed by atoms with Crippen LogP contribution in [0.4, 0.5) is 10.1 Å². The van der Waals surface area contributed by atoms with Gasteiger partial charge in [0.15, 0.2) is 0 Å². The minimum absolute atomic E-state index is 0.308. The molecule has 0 N–H and O–H groups in total. The summed E-state index contributed by atoms with van der Waals surface area (Å²) in [6, 6.07) is 4.60. The topological polar surface area (TPSA) is 20.3 Å². The smallest absolute Gasteiger partial charge is 0.150 e. The predicted octanol–water partition coefficient (Wildman–Crippen LogP) is 2.15. The Kier molecular flexibility index (Phi) is 2.72. The summed E-state index contributed by atoms with van der Waals surface area (Å²) in [4.78, 5) is 12.4. The van der Waals surface area contributed by atoms with Crippen molar-refractivity contribution in [2.45, 2.75) is 0 Å². The van der Waals surface area contributed by atoms with Crippen LogP contribution in [-0.4, -0.2) is 24.5 Å². The maximum absolute atomic E-state index is 13.5. The quantitative estimate of drug-likeness (QED) is 0.699. The zero-order chi connectivity index (χ0) is 9.97. The molecule has 0 atom stereocenters. The van der Waals surface area contributed by atoms with Crippen molar-refractivity contribution < 1.29 is 9.18 Å². The Morgan fingerprint density at radius 2 is 2.36 bits per heavy atom. The average molecular weight is 211 g/mol. The molecule has 0 radical (unpaired) electrons. The molecule has 4 heteroatoms. The Bertz CT molecular complexity index is 350. The number of anilines is 1. The molecule has 14 heavy (non-hydrogen) atoms. The minimum atomic E-state index is -0.308. The summed E-state index contributed by atoms with van der Waals surface area (Å²) in [5.41, 5.74) is 0.985. The van der Waals surface area contributed by atoms with Crippen LogP contribution in [0.5, 0.6) is 0 Å². The van der Waals surface area contributed by atoms with Gasteiger partial charge in [0.1, 0.15) is 12.1 Å². The number of hydrogen-bond acceptors (Lipinski definition) is 3. The first kappa shape index (κ1) is 9.52. The van der Waals surface area contributed by atoms with Gasteiger partial charge >= 0.3 is 0 Å². The van der Waals surface area contributed by atoms with E-state index >= 15 is 0 Å². The summed E-state index contributed by atoms with van der Waals surface area (Å²) < 4.78 is 13.5. The van der Waals surface area contributed by atoms with Crippen LogP contribution in [0.15, 0.2) is 18.2 Å². The average Bonchev–Trinajstić information content (AvgIpc) is 2.70. The van der Waals surface area contributed by atoms with Crippen LogP contribution in [0.25, 0.3) is 0 Å². The highest BCUT2D eigenvalue weighted by atomic mass is 32.2. The van der Waals surface area contributed by atoms with E-state index in [2.05, 4.69) is 0 Å². The number of aldehydes is 1. The Balaban J connectivity index is 2.29. The summed E-state index contributed by atoms with van der Waals surface area (Å²) in [5, 5.41) is 0. The molecule has 0 spiro atoms. The Morgan fingerprint density at radius 1 is 1.50 bits per heavy atom. The number of nitrogens with zero attached hydrogens (tertiary/aromatic N) is 1. The van der Waals surface area contributed by atoms with Gasteiger partial charge in [0, 0.05) is 17.9 Å². The second-order valence-corrected chi connectivity index (χ2v) is 4.20. The van der Waals surface area contributed by atoms with Crippen LogP contribution in [0.2, 0.25) is 0 Å². The molecule has 1 aliphatic rings. The second-order valence-electron chi connectivity index (χ2n) is 3.13. The van der Waals surface area contributed by atoms with Gasteiger partial charge in [-0.25, -0.2) is 4.39 Å². The van der Waals surface area contributed by atoms with Gasteiger partial charge in [-0.15, -0.1) is 11.8 Å². The third-order valence-corrected chi connectivity index (χ3v) is 3.17. The lowest BCUT2D eigenvalue weighted by molar-refractivity contribution is 0.112. The highest BCUT2D eigenvalue weighted by molar-refractivity contribution is 7.99. The number of halogens is 1. The molecular formula is C10H10FNOS. The van der Waals surface area contributed by atoms with Crippen LogP contribution >= 0.6 is 11.8 Å². The number of carbonyl (C=O) groups excluding carboxylic acids is 1. The van der Waals surface area contributed by atoms with E-state index in [4.69, 9.17) is 0 Å². The maximum Gasteiger partial charge on any atom is 0.150 e. The number of hydrogen-bond donors (Lipinski definition) is 0. The normalized spacial score (nSPS) is 15.9. The van der Waals surface area contributed by atoms with Crippen molar-refractivity contribution in [3.8, 4) is 0 Å². The Labute approximate surface area is 86.1 Å². The lowest BCUT2D eigenvalue weighted by Crippen LogP contribution is -2.19. The zero-order valence-electron chi connectivity index (χ0n) is 7.57. The van der Waals surface area contributed by atoms with Gasteiger partial charge in [0.25, 0.3) is 0 Å². The molecule has 0 amide bonds. The largest absolute Gasteiger partial charge is 0.359 e. The first-order valence-corrected chi connectivity index (χ1v) is 5.54. The molecule has 1 saturated heterocycles. The van der Waals surface area contributed by atoms with E-state index in [1.807, 2.05) is 4.90 Å². The monoisotopic (exact) mass is 211 g/mol. The van der Waals surface area contributed by atoms with Gasteiger partial charge in [-0.05, 0) is 18.2 Å². The van der Waals surface area contributed by atoms with E-state index in [1.54, 1.807) is 23.9 Å². The van der Waals surface area contributed by atoms with Gasteiger partial charge in [0.2, 0.25) is 0 Å². The number of thioether (sulfide) groups is 1. The van der Waals surface area contributed by atoms with Crippen molar-refractivity contribution in [3.63, 3.8) is 0 Å². The fourth-order valence-corrected chi connectivity index (χ4v) is 2.42. The zero-order valence-corrected chi connectivity index (χ0v) is 8.39. The van der Waals surface area contributed by atoms with Gasteiger partial charge in [0.05, 0.1) is 11.6 Å². The lowest BCUT2D eigenvalue weighted by Gasteiger charge is -2.17. The van der Waals surface area contributed by atoms with Gasteiger partial charge in [-0.2, -0.15) is 0 Å². The molecule has 1 heterocycles. The molecular weight excluding hydrogens is 201 g/mol. The molecule has 0 aliphatic carbocycles. The molecule has 1 aliphatic heterocycles. The van der Waals surface area contributed by atoms with E-state index in [1.165, 1.54) is 6.07 Å². The molecule has 0 aromatic heterocycles. The first-order valence-electron chi connectivity index (χ1n) is 4.38. The lowest BCUT2D eigenvalue weighted by atomic mass is 10.2. The summed E-state index contributed by atoms with van der Waals surface area (Å²) in [5.74, 6) is 1.56. The molecule has 0 saturated carbocycles. The van der Waals surface area contributed by atoms with Crippen LogP contribution in [-0.2, 0) is 0 Å². The third kappa shape index (κ3) is 1.75. The van der Waals surface area contributed by atoms with E-state index in [9.17, 15) is 9.18 Å². The van der Waals surface area contributed by atoms with Gasteiger partial charge < -0.3 is 4.90 Å².